The Kier molecular flexibility index (Phi) is 3.67. The lowest BCUT2D eigenvalue weighted by Crippen LogP contribution is -1.90. The quantitative estimate of drug-likeness (QED) is 0.585. The summed E-state index contributed by atoms with van der Waals surface area (Å²) in [6.45, 7) is 2.18. The maximum atomic E-state index is 4.81. The summed E-state index contributed by atoms with van der Waals surface area (Å²) in [5, 5.41) is 4.48. The molecule has 0 saturated carbocycles. The largest absolute Gasteiger partial charge is 0.360 e. The molecule has 0 spiro atoms. The van der Waals surface area contributed by atoms with Gasteiger partial charge in [0.05, 0.1) is 10.7 Å². The molecule has 3 aromatic heterocycles. The van der Waals surface area contributed by atoms with Gasteiger partial charge in [-0.15, -0.1) is 11.3 Å². The SMILES string of the molecule is CCc1cccc2c(-c3csc(Cc4ccccn4)n3)c[nH]c12. The third kappa shape index (κ3) is 2.66. The van der Waals surface area contributed by atoms with Crippen molar-refractivity contribution in [1.82, 2.24) is 15.0 Å². The van der Waals surface area contributed by atoms with Gasteiger partial charge in [0.15, 0.2) is 0 Å². The Morgan fingerprint density at radius 2 is 2.09 bits per heavy atom. The number of aryl methyl sites for hydroxylation is 1. The van der Waals surface area contributed by atoms with Gasteiger partial charge in [-0.1, -0.05) is 31.2 Å². The van der Waals surface area contributed by atoms with Crippen LogP contribution in [0.3, 0.4) is 0 Å². The van der Waals surface area contributed by atoms with Gasteiger partial charge in [0.25, 0.3) is 0 Å². The van der Waals surface area contributed by atoms with Crippen molar-refractivity contribution in [1.29, 1.82) is 0 Å². The highest BCUT2D eigenvalue weighted by molar-refractivity contribution is 7.10. The predicted molar refractivity (Wildman–Crippen MR) is 95.8 cm³/mol. The molecule has 0 bridgehead atoms. The molecule has 0 amide bonds. The van der Waals surface area contributed by atoms with Gasteiger partial charge in [0.2, 0.25) is 0 Å². The summed E-state index contributed by atoms with van der Waals surface area (Å²) in [7, 11) is 0. The number of hydrogen-bond acceptors (Lipinski definition) is 3. The normalized spacial score (nSPS) is 11.2. The zero-order chi connectivity index (χ0) is 15.6. The molecule has 0 atom stereocenters. The molecule has 23 heavy (non-hydrogen) atoms. The van der Waals surface area contributed by atoms with Crippen LogP contribution in [0.1, 0.15) is 23.2 Å². The molecular weight excluding hydrogens is 302 g/mol. The molecule has 3 nitrogen and oxygen atoms in total. The maximum Gasteiger partial charge on any atom is 0.0992 e. The molecule has 4 heteroatoms. The average molecular weight is 319 g/mol. The molecule has 1 aromatic carbocycles. The molecule has 114 valence electrons. The molecule has 3 heterocycles. The van der Waals surface area contributed by atoms with E-state index in [0.717, 1.165) is 29.2 Å². The van der Waals surface area contributed by atoms with Gasteiger partial charge in [-0.25, -0.2) is 4.98 Å². The van der Waals surface area contributed by atoms with Crippen molar-refractivity contribution in [2.75, 3.05) is 0 Å². The number of aromatic nitrogens is 3. The third-order valence-corrected chi connectivity index (χ3v) is 4.92. The van der Waals surface area contributed by atoms with Crippen molar-refractivity contribution in [2.45, 2.75) is 19.8 Å². The number of aromatic amines is 1. The fourth-order valence-electron chi connectivity index (χ4n) is 2.90. The Bertz CT molecular complexity index is 938. The second kappa shape index (κ2) is 5.97. The van der Waals surface area contributed by atoms with E-state index in [9.17, 15) is 0 Å². The molecule has 0 fully saturated rings. The van der Waals surface area contributed by atoms with E-state index in [1.807, 2.05) is 24.4 Å². The first kappa shape index (κ1) is 14.2. The van der Waals surface area contributed by atoms with E-state index in [1.54, 1.807) is 11.3 Å². The summed E-state index contributed by atoms with van der Waals surface area (Å²) < 4.78 is 0. The Hall–Kier alpha value is -2.46. The first-order chi connectivity index (χ1) is 11.3. The molecule has 0 unspecified atom stereocenters. The fourth-order valence-corrected chi connectivity index (χ4v) is 3.71. The minimum Gasteiger partial charge on any atom is -0.360 e. The smallest absolute Gasteiger partial charge is 0.0992 e. The molecule has 1 N–H and O–H groups in total. The number of H-pyrrole nitrogens is 1. The minimum atomic E-state index is 0.786. The monoisotopic (exact) mass is 319 g/mol. The van der Waals surface area contributed by atoms with Crippen molar-refractivity contribution in [3.63, 3.8) is 0 Å². The van der Waals surface area contributed by atoms with Crippen LogP contribution in [0.2, 0.25) is 0 Å². The number of rotatable bonds is 4. The Labute approximate surface area is 139 Å². The number of hydrogen-bond donors (Lipinski definition) is 1. The van der Waals surface area contributed by atoms with Gasteiger partial charge in [0.1, 0.15) is 0 Å². The summed E-state index contributed by atoms with van der Waals surface area (Å²) in [6.07, 6.45) is 5.71. The number of para-hydroxylation sites is 1. The number of fused-ring (bicyclic) bond motifs is 1. The summed E-state index contributed by atoms with van der Waals surface area (Å²) in [6, 6.07) is 12.5. The third-order valence-electron chi connectivity index (χ3n) is 4.07. The average Bonchev–Trinajstić information content (AvgIpc) is 3.22. The topological polar surface area (TPSA) is 41.6 Å². The number of nitrogens with one attached hydrogen (secondary N) is 1. The zero-order valence-electron chi connectivity index (χ0n) is 12.9. The number of thiazole rings is 1. The molecule has 4 aromatic rings. The van der Waals surface area contributed by atoms with Crippen LogP contribution in [0.4, 0.5) is 0 Å². The molecule has 0 radical (unpaired) electrons. The first-order valence-corrected chi connectivity index (χ1v) is 8.66. The van der Waals surface area contributed by atoms with Crippen molar-refractivity contribution < 1.29 is 0 Å². The van der Waals surface area contributed by atoms with E-state index >= 15 is 0 Å². The lowest BCUT2D eigenvalue weighted by atomic mass is 10.1. The Balaban J connectivity index is 1.69. The summed E-state index contributed by atoms with van der Waals surface area (Å²) in [5.41, 5.74) is 5.85. The Morgan fingerprint density at radius 3 is 2.91 bits per heavy atom. The molecule has 0 saturated heterocycles. The van der Waals surface area contributed by atoms with E-state index in [0.29, 0.717) is 0 Å². The fraction of sp³-hybridized carbons (Fsp3) is 0.158. The van der Waals surface area contributed by atoms with Gasteiger partial charge in [-0.3, -0.25) is 4.98 Å². The van der Waals surface area contributed by atoms with Crippen LogP contribution >= 0.6 is 11.3 Å². The summed E-state index contributed by atoms with van der Waals surface area (Å²) in [5.74, 6) is 0. The lowest BCUT2D eigenvalue weighted by molar-refractivity contribution is 1.05. The van der Waals surface area contributed by atoms with Gasteiger partial charge in [-0.2, -0.15) is 0 Å². The molecule has 0 aliphatic carbocycles. The van der Waals surface area contributed by atoms with Gasteiger partial charge < -0.3 is 4.98 Å². The van der Waals surface area contributed by atoms with E-state index in [2.05, 4.69) is 46.7 Å². The zero-order valence-corrected chi connectivity index (χ0v) is 13.7. The van der Waals surface area contributed by atoms with Crippen LogP contribution in [-0.4, -0.2) is 15.0 Å². The van der Waals surface area contributed by atoms with Crippen LogP contribution in [0, 0.1) is 0 Å². The number of pyridine rings is 1. The van der Waals surface area contributed by atoms with E-state index < -0.39 is 0 Å². The van der Waals surface area contributed by atoms with Crippen LogP contribution < -0.4 is 0 Å². The predicted octanol–water partition coefficient (Wildman–Crippen LogP) is 4.84. The van der Waals surface area contributed by atoms with Crippen LogP contribution in [0.15, 0.2) is 54.2 Å². The summed E-state index contributed by atoms with van der Waals surface area (Å²) >= 11 is 1.70. The van der Waals surface area contributed by atoms with Crippen LogP contribution in [0.5, 0.6) is 0 Å². The van der Waals surface area contributed by atoms with E-state index in [4.69, 9.17) is 4.98 Å². The van der Waals surface area contributed by atoms with Crippen LogP contribution in [-0.2, 0) is 12.8 Å². The first-order valence-electron chi connectivity index (χ1n) is 7.79. The molecule has 4 rings (SSSR count). The number of nitrogens with zero attached hydrogens (tertiary/aromatic N) is 2. The number of benzene rings is 1. The second-order valence-corrected chi connectivity index (χ2v) is 6.46. The highest BCUT2D eigenvalue weighted by Crippen LogP contribution is 2.31. The van der Waals surface area contributed by atoms with Crippen LogP contribution in [0.25, 0.3) is 22.2 Å². The van der Waals surface area contributed by atoms with Crippen molar-refractivity contribution >= 4 is 22.2 Å². The second-order valence-electron chi connectivity index (χ2n) is 5.52. The lowest BCUT2D eigenvalue weighted by Gasteiger charge is -2.00. The van der Waals surface area contributed by atoms with Crippen molar-refractivity contribution in [2.24, 2.45) is 0 Å². The highest BCUT2D eigenvalue weighted by Gasteiger charge is 2.12. The standard InChI is InChI=1S/C19H17N3S/c1-2-13-6-5-8-15-16(11-21-19(13)15)17-12-23-18(22-17)10-14-7-3-4-9-20-14/h3-9,11-12,21H,2,10H2,1H3. The van der Waals surface area contributed by atoms with Gasteiger partial charge in [0, 0.05) is 46.4 Å². The van der Waals surface area contributed by atoms with Crippen molar-refractivity contribution in [3.05, 3.63) is 70.4 Å². The maximum absolute atomic E-state index is 4.81. The molecular formula is C19H17N3S. The minimum absolute atomic E-state index is 0.786. The van der Waals surface area contributed by atoms with E-state index in [1.165, 1.54) is 22.0 Å². The Morgan fingerprint density at radius 1 is 1.13 bits per heavy atom. The highest BCUT2D eigenvalue weighted by atomic mass is 32.1. The molecule has 0 aliphatic rings. The van der Waals surface area contributed by atoms with Crippen molar-refractivity contribution in [3.8, 4) is 11.3 Å². The van der Waals surface area contributed by atoms with E-state index in [-0.39, 0.29) is 0 Å². The van der Waals surface area contributed by atoms with Gasteiger partial charge in [-0.05, 0) is 24.1 Å². The van der Waals surface area contributed by atoms with Gasteiger partial charge >= 0.3 is 0 Å². The summed E-state index contributed by atoms with van der Waals surface area (Å²) in [4.78, 5) is 12.6. The molecule has 0 aliphatic heterocycles.